The van der Waals surface area contributed by atoms with Crippen molar-refractivity contribution >= 4 is 5.97 Å². The van der Waals surface area contributed by atoms with Crippen LogP contribution < -0.4 is 4.74 Å². The Morgan fingerprint density at radius 3 is 2.45 bits per heavy atom. The Bertz CT molecular complexity index is 503. The minimum Gasteiger partial charge on any atom is -0.461 e. The Balaban J connectivity index is 3.44. The summed E-state index contributed by atoms with van der Waals surface area (Å²) in [5.41, 5.74) is -2.89. The summed E-state index contributed by atoms with van der Waals surface area (Å²) in [4.78, 5) is 14.4. The van der Waals surface area contributed by atoms with Gasteiger partial charge >= 0.3 is 12.3 Å². The van der Waals surface area contributed by atoms with Crippen LogP contribution in [-0.2, 0) is 4.74 Å². The third-order valence-electron chi connectivity index (χ3n) is 1.93. The lowest BCUT2D eigenvalue weighted by Gasteiger charge is -2.15. The zero-order chi connectivity index (χ0) is 15.5. The summed E-state index contributed by atoms with van der Waals surface area (Å²) >= 11 is 0. The molecule has 0 N–H and O–H groups in total. The highest BCUT2D eigenvalue weighted by Crippen LogP contribution is 2.36. The summed E-state index contributed by atoms with van der Waals surface area (Å²) in [6.07, 6.45) is -8.85. The molecule has 0 fully saturated rings. The summed E-state index contributed by atoms with van der Waals surface area (Å²) in [5, 5.41) is 0. The second-order valence-electron chi connectivity index (χ2n) is 3.27. The lowest BCUT2D eigenvalue weighted by atomic mass is 10.2. The number of ether oxygens (including phenoxy) is 2. The van der Waals surface area contributed by atoms with Crippen molar-refractivity contribution in [2.45, 2.75) is 19.7 Å². The van der Waals surface area contributed by atoms with Gasteiger partial charge in [-0.3, -0.25) is 0 Å². The Labute approximate surface area is 108 Å². The smallest absolute Gasteiger partial charge is 0.461 e. The molecule has 4 nitrogen and oxygen atoms in total. The fourth-order valence-corrected chi connectivity index (χ4v) is 1.25. The van der Waals surface area contributed by atoms with Gasteiger partial charge in [0, 0.05) is 0 Å². The highest BCUT2D eigenvalue weighted by atomic mass is 19.4. The van der Waals surface area contributed by atoms with Crippen molar-refractivity contribution in [3.63, 3.8) is 0 Å². The van der Waals surface area contributed by atoms with E-state index < -0.39 is 41.6 Å². The fraction of sp³-hybridized carbons (Fsp3) is 0.400. The van der Waals surface area contributed by atoms with Gasteiger partial charge in [0.1, 0.15) is 0 Å². The largest absolute Gasteiger partial charge is 0.573 e. The van der Waals surface area contributed by atoms with Gasteiger partial charge in [0.05, 0.1) is 18.4 Å². The summed E-state index contributed by atoms with van der Waals surface area (Å²) in [5.74, 6) is -4.87. The average molecular weight is 303 g/mol. The SMILES string of the molecule is CCOC(=O)c1ncc(F)c(C(F)F)c1OC(F)(F)F. The molecule has 0 aliphatic heterocycles. The number of hydrogen-bond donors (Lipinski definition) is 0. The van der Waals surface area contributed by atoms with Crippen LogP contribution in [0.15, 0.2) is 6.20 Å². The van der Waals surface area contributed by atoms with E-state index >= 15 is 0 Å². The highest BCUT2D eigenvalue weighted by Gasteiger charge is 2.38. The van der Waals surface area contributed by atoms with E-state index in [1.165, 1.54) is 6.92 Å². The van der Waals surface area contributed by atoms with Crippen molar-refractivity contribution < 1.29 is 40.6 Å². The normalized spacial score (nSPS) is 11.6. The Kier molecular flexibility index (Phi) is 4.79. The lowest BCUT2D eigenvalue weighted by Crippen LogP contribution is -2.22. The molecule has 0 saturated heterocycles. The van der Waals surface area contributed by atoms with Gasteiger partial charge < -0.3 is 9.47 Å². The van der Waals surface area contributed by atoms with E-state index in [4.69, 9.17) is 0 Å². The molecular weight excluding hydrogens is 296 g/mol. The van der Waals surface area contributed by atoms with Gasteiger partial charge in [-0.15, -0.1) is 13.2 Å². The van der Waals surface area contributed by atoms with Crippen molar-refractivity contribution in [2.24, 2.45) is 0 Å². The van der Waals surface area contributed by atoms with Crippen LogP contribution in [0, 0.1) is 5.82 Å². The molecule has 0 saturated carbocycles. The molecule has 112 valence electrons. The molecule has 1 aromatic rings. The highest BCUT2D eigenvalue weighted by molar-refractivity contribution is 5.90. The van der Waals surface area contributed by atoms with Crippen LogP contribution in [0.4, 0.5) is 26.3 Å². The van der Waals surface area contributed by atoms with Gasteiger partial charge in [0.2, 0.25) is 0 Å². The zero-order valence-corrected chi connectivity index (χ0v) is 9.80. The fourth-order valence-electron chi connectivity index (χ4n) is 1.25. The standard InChI is InChI=1S/C10H7F6NO3/c1-2-19-9(18)6-7(20-10(14,15)16)5(8(12)13)4(11)3-17-6/h3,8H,2H2,1H3. The number of halogens is 6. The number of rotatable bonds is 4. The van der Waals surface area contributed by atoms with Gasteiger partial charge in [-0.1, -0.05) is 0 Å². The molecule has 0 spiro atoms. The minimum absolute atomic E-state index is 0.191. The van der Waals surface area contributed by atoms with E-state index in [-0.39, 0.29) is 12.8 Å². The molecule has 0 atom stereocenters. The number of carbonyl (C=O) groups is 1. The molecule has 1 aromatic heterocycles. The Morgan fingerprint density at radius 1 is 1.40 bits per heavy atom. The number of aromatic nitrogens is 1. The third kappa shape index (κ3) is 3.75. The monoisotopic (exact) mass is 303 g/mol. The quantitative estimate of drug-likeness (QED) is 0.633. The van der Waals surface area contributed by atoms with Crippen LogP contribution in [-0.4, -0.2) is 23.9 Å². The third-order valence-corrected chi connectivity index (χ3v) is 1.93. The summed E-state index contributed by atoms with van der Waals surface area (Å²) in [7, 11) is 0. The van der Waals surface area contributed by atoms with Gasteiger partial charge in [0.15, 0.2) is 17.3 Å². The number of nitrogens with zero attached hydrogens (tertiary/aromatic N) is 1. The first kappa shape index (κ1) is 16.1. The first-order chi connectivity index (χ1) is 9.17. The maximum absolute atomic E-state index is 13.2. The second-order valence-corrected chi connectivity index (χ2v) is 3.27. The van der Waals surface area contributed by atoms with E-state index in [0.717, 1.165) is 0 Å². The van der Waals surface area contributed by atoms with Gasteiger partial charge in [-0.05, 0) is 6.92 Å². The van der Waals surface area contributed by atoms with Crippen molar-refractivity contribution in [1.29, 1.82) is 0 Å². The topological polar surface area (TPSA) is 48.4 Å². The molecule has 10 heteroatoms. The molecule has 0 amide bonds. The number of carbonyl (C=O) groups excluding carboxylic acids is 1. The molecule has 0 unspecified atom stereocenters. The van der Waals surface area contributed by atoms with Crippen LogP contribution in [0.5, 0.6) is 5.75 Å². The van der Waals surface area contributed by atoms with Crippen molar-refractivity contribution in [1.82, 2.24) is 4.98 Å². The van der Waals surface area contributed by atoms with Crippen LogP contribution in [0.1, 0.15) is 29.4 Å². The van der Waals surface area contributed by atoms with E-state index in [2.05, 4.69) is 14.5 Å². The van der Waals surface area contributed by atoms with Crippen LogP contribution in [0.25, 0.3) is 0 Å². The van der Waals surface area contributed by atoms with Crippen LogP contribution >= 0.6 is 0 Å². The van der Waals surface area contributed by atoms with E-state index in [0.29, 0.717) is 0 Å². The maximum Gasteiger partial charge on any atom is 0.573 e. The van der Waals surface area contributed by atoms with Gasteiger partial charge in [0.25, 0.3) is 6.43 Å². The van der Waals surface area contributed by atoms with Crippen molar-refractivity contribution in [3.8, 4) is 5.75 Å². The first-order valence-corrected chi connectivity index (χ1v) is 5.06. The lowest BCUT2D eigenvalue weighted by molar-refractivity contribution is -0.275. The molecule has 1 heterocycles. The molecule has 0 aromatic carbocycles. The molecular formula is C10H7F6NO3. The van der Waals surface area contributed by atoms with E-state index in [1.54, 1.807) is 0 Å². The summed E-state index contributed by atoms with van der Waals surface area (Å²) in [6, 6.07) is 0. The van der Waals surface area contributed by atoms with Gasteiger partial charge in [-0.2, -0.15) is 0 Å². The molecule has 0 aliphatic carbocycles. The maximum atomic E-state index is 13.2. The molecule has 0 radical (unpaired) electrons. The summed E-state index contributed by atoms with van der Waals surface area (Å²) in [6.45, 7) is 1.09. The molecule has 0 aliphatic rings. The van der Waals surface area contributed by atoms with Gasteiger partial charge in [-0.25, -0.2) is 22.9 Å². The predicted molar refractivity (Wildman–Crippen MR) is 51.8 cm³/mol. The number of esters is 1. The van der Waals surface area contributed by atoms with E-state index in [9.17, 15) is 31.1 Å². The zero-order valence-electron chi connectivity index (χ0n) is 9.80. The van der Waals surface area contributed by atoms with Crippen LogP contribution in [0.2, 0.25) is 0 Å². The summed E-state index contributed by atoms with van der Waals surface area (Å²) < 4.78 is 82.6. The van der Waals surface area contributed by atoms with Crippen molar-refractivity contribution in [3.05, 3.63) is 23.3 Å². The molecule has 0 bridgehead atoms. The number of pyridine rings is 1. The first-order valence-electron chi connectivity index (χ1n) is 5.06. The number of alkyl halides is 5. The number of hydrogen-bond acceptors (Lipinski definition) is 4. The Hall–Kier alpha value is -2.00. The second kappa shape index (κ2) is 5.97. The van der Waals surface area contributed by atoms with Crippen molar-refractivity contribution in [2.75, 3.05) is 6.61 Å². The molecule has 1 rings (SSSR count). The predicted octanol–water partition coefficient (Wildman–Crippen LogP) is 3.23. The minimum atomic E-state index is -5.40. The molecule has 20 heavy (non-hydrogen) atoms. The average Bonchev–Trinajstić information content (AvgIpc) is 2.26. The van der Waals surface area contributed by atoms with E-state index in [1.807, 2.05) is 0 Å². The Morgan fingerprint density at radius 2 is 2.00 bits per heavy atom. The van der Waals surface area contributed by atoms with Crippen LogP contribution in [0.3, 0.4) is 0 Å².